The maximum atomic E-state index is 9.42. The summed E-state index contributed by atoms with van der Waals surface area (Å²) in [5.41, 5.74) is 10.6. The van der Waals surface area contributed by atoms with E-state index in [1.54, 1.807) is 0 Å². The number of aromatic nitrogens is 3. The minimum Gasteiger partial charge on any atom is -0.355 e. The van der Waals surface area contributed by atoms with Crippen molar-refractivity contribution in [3.05, 3.63) is 223 Å². The zero-order valence-electron chi connectivity index (χ0n) is 39.3. The van der Waals surface area contributed by atoms with E-state index in [4.69, 9.17) is 19.9 Å². The molecule has 12 rings (SSSR count). The van der Waals surface area contributed by atoms with Crippen molar-refractivity contribution in [1.29, 1.82) is 5.41 Å². The Morgan fingerprint density at radius 3 is 1.58 bits per heavy atom. The minimum atomic E-state index is -0.133. The molecule has 1 N–H and O–H groups in total. The van der Waals surface area contributed by atoms with Gasteiger partial charge in [0.1, 0.15) is 5.84 Å². The SMILES string of the molecule is C=CCCCC(N(C)/C(=N\C(=N)c1ccccc1)c1ccc(-c2ccccc2)cc1)[C@@]1(c2ccc(-c3nc(-c4ccccc4)nc(-c4ccc(-c5ccccc5)cc4)n3)cc2)C2CC3CC(C2)C1C3. The predicted octanol–water partition coefficient (Wildman–Crippen LogP) is 14.6. The number of likely N-dealkylation sites (N-methyl/N-ethyl adjacent to an activating group) is 1. The highest BCUT2D eigenvalue weighted by atomic mass is 15.2. The van der Waals surface area contributed by atoms with Gasteiger partial charge in [0.15, 0.2) is 23.3 Å². The maximum absolute atomic E-state index is 9.42. The van der Waals surface area contributed by atoms with Crippen molar-refractivity contribution in [2.45, 2.75) is 56.4 Å². The fourth-order valence-corrected chi connectivity index (χ4v) is 12.6. The summed E-state index contributed by atoms with van der Waals surface area (Å²) in [5.74, 6) is 5.63. The number of allylic oxidation sites excluding steroid dienone is 1. The summed E-state index contributed by atoms with van der Waals surface area (Å²) in [5, 5.41) is 9.42. The number of amidine groups is 2. The third-order valence-electron chi connectivity index (χ3n) is 15.6. The lowest BCUT2D eigenvalue weighted by Crippen LogP contribution is -2.58. The first-order valence-electron chi connectivity index (χ1n) is 24.8. The van der Waals surface area contributed by atoms with Gasteiger partial charge in [0.25, 0.3) is 0 Å². The summed E-state index contributed by atoms with van der Waals surface area (Å²) in [4.78, 5) is 23.2. The van der Waals surface area contributed by atoms with Crippen LogP contribution in [0.4, 0.5) is 0 Å². The summed E-state index contributed by atoms with van der Waals surface area (Å²) in [6.45, 7) is 4.16. The van der Waals surface area contributed by atoms with Crippen LogP contribution in [-0.2, 0) is 5.41 Å². The van der Waals surface area contributed by atoms with Gasteiger partial charge in [-0.3, -0.25) is 5.41 Å². The van der Waals surface area contributed by atoms with Gasteiger partial charge in [-0.25, -0.2) is 19.9 Å². The maximum Gasteiger partial charge on any atom is 0.164 e. The van der Waals surface area contributed by atoms with Crippen molar-refractivity contribution in [2.75, 3.05) is 7.05 Å². The van der Waals surface area contributed by atoms with Gasteiger partial charge < -0.3 is 4.90 Å². The van der Waals surface area contributed by atoms with Gasteiger partial charge in [-0.1, -0.05) is 200 Å². The van der Waals surface area contributed by atoms with Crippen LogP contribution in [0.1, 0.15) is 61.6 Å². The fraction of sp³-hybridized carbons (Fsp3) is 0.222. The molecule has 5 unspecified atom stereocenters. The number of nitrogens with zero attached hydrogens (tertiary/aromatic N) is 5. The highest BCUT2D eigenvalue weighted by Crippen LogP contribution is 2.69. The largest absolute Gasteiger partial charge is 0.355 e. The lowest BCUT2D eigenvalue weighted by atomic mass is 9.56. The van der Waals surface area contributed by atoms with Crippen LogP contribution in [0.3, 0.4) is 0 Å². The molecule has 0 spiro atoms. The topological polar surface area (TPSA) is 78.1 Å². The number of hydrogen-bond donors (Lipinski definition) is 1. The van der Waals surface area contributed by atoms with Crippen LogP contribution >= 0.6 is 0 Å². The number of rotatable bonds is 14. The second-order valence-corrected chi connectivity index (χ2v) is 19.4. The van der Waals surface area contributed by atoms with E-state index in [-0.39, 0.29) is 17.3 Å². The average Bonchev–Trinajstić information content (AvgIpc) is 3.83. The van der Waals surface area contributed by atoms with E-state index >= 15 is 0 Å². The smallest absolute Gasteiger partial charge is 0.164 e. The highest BCUT2D eigenvalue weighted by Gasteiger charge is 2.66. The van der Waals surface area contributed by atoms with E-state index in [1.807, 2.05) is 54.6 Å². The molecule has 6 nitrogen and oxygen atoms in total. The molecule has 1 aromatic heterocycles. The molecule has 4 bridgehead atoms. The van der Waals surface area contributed by atoms with Crippen LogP contribution < -0.4 is 0 Å². The highest BCUT2D eigenvalue weighted by molar-refractivity contribution is 6.10. The molecule has 69 heavy (non-hydrogen) atoms. The molecule has 4 aliphatic carbocycles. The quantitative estimate of drug-likeness (QED) is 0.0510. The minimum absolute atomic E-state index is 0.116. The van der Waals surface area contributed by atoms with E-state index in [9.17, 15) is 5.41 Å². The van der Waals surface area contributed by atoms with Crippen LogP contribution in [0.2, 0.25) is 0 Å². The van der Waals surface area contributed by atoms with E-state index in [0.717, 1.165) is 70.0 Å². The number of aliphatic imine (C=N–C) groups is 1. The van der Waals surface area contributed by atoms with Gasteiger partial charge in [-0.15, -0.1) is 6.58 Å². The number of unbranched alkanes of at least 4 members (excludes halogenated alkanes) is 1. The van der Waals surface area contributed by atoms with Gasteiger partial charge in [-0.2, -0.15) is 0 Å². The first-order valence-corrected chi connectivity index (χ1v) is 24.8. The lowest BCUT2D eigenvalue weighted by molar-refractivity contribution is 0.0668. The zero-order valence-corrected chi connectivity index (χ0v) is 39.3. The Balaban J connectivity index is 1.01. The van der Waals surface area contributed by atoms with Crippen molar-refractivity contribution in [3.8, 4) is 56.4 Å². The summed E-state index contributed by atoms with van der Waals surface area (Å²) in [7, 11) is 2.26. The average molecular weight is 899 g/mol. The van der Waals surface area contributed by atoms with Gasteiger partial charge in [0.2, 0.25) is 0 Å². The molecule has 0 amide bonds. The molecule has 0 saturated heterocycles. The van der Waals surface area contributed by atoms with E-state index < -0.39 is 0 Å². The molecule has 0 aliphatic heterocycles. The number of benzene rings is 7. The zero-order chi connectivity index (χ0) is 46.7. The second-order valence-electron chi connectivity index (χ2n) is 19.4. The van der Waals surface area contributed by atoms with Crippen molar-refractivity contribution < 1.29 is 0 Å². The van der Waals surface area contributed by atoms with Crippen LogP contribution in [0.15, 0.2) is 212 Å². The summed E-state index contributed by atoms with van der Waals surface area (Å²) < 4.78 is 0. The van der Waals surface area contributed by atoms with Gasteiger partial charge >= 0.3 is 0 Å². The van der Waals surface area contributed by atoms with Gasteiger partial charge in [0, 0.05) is 46.3 Å². The molecule has 340 valence electrons. The van der Waals surface area contributed by atoms with Crippen LogP contribution in [0.5, 0.6) is 0 Å². The molecule has 6 atom stereocenters. The lowest BCUT2D eigenvalue weighted by Gasteiger charge is -2.53. The van der Waals surface area contributed by atoms with Gasteiger partial charge in [-0.05, 0) is 96.4 Å². The molecular formula is C63H58N6. The Bertz CT molecular complexity index is 3080. The number of hydrogen-bond acceptors (Lipinski definition) is 4. The first kappa shape index (κ1) is 44.0. The van der Waals surface area contributed by atoms with Crippen LogP contribution in [0, 0.1) is 29.1 Å². The fourth-order valence-electron chi connectivity index (χ4n) is 12.6. The molecule has 4 fully saturated rings. The third-order valence-corrected chi connectivity index (χ3v) is 15.6. The predicted molar refractivity (Wildman–Crippen MR) is 283 cm³/mol. The molecule has 8 aromatic rings. The Morgan fingerprint density at radius 1 is 0.580 bits per heavy atom. The molecule has 4 saturated carbocycles. The van der Waals surface area contributed by atoms with Crippen LogP contribution in [-0.4, -0.2) is 44.6 Å². The Hall–Kier alpha value is -7.57. The molecule has 7 aromatic carbocycles. The Morgan fingerprint density at radius 2 is 1.04 bits per heavy atom. The molecule has 4 aliphatic rings. The van der Waals surface area contributed by atoms with E-state index in [1.165, 1.54) is 42.4 Å². The van der Waals surface area contributed by atoms with E-state index in [0.29, 0.717) is 35.2 Å². The van der Waals surface area contributed by atoms with Crippen molar-refractivity contribution in [2.24, 2.45) is 28.7 Å². The normalized spacial score (nSPS) is 20.7. The summed E-state index contributed by atoms with van der Waals surface area (Å²) in [6.07, 6.45) is 10.1. The monoisotopic (exact) mass is 898 g/mol. The number of nitrogens with one attached hydrogen (secondary N) is 1. The van der Waals surface area contributed by atoms with Crippen molar-refractivity contribution in [1.82, 2.24) is 19.9 Å². The first-order chi connectivity index (χ1) is 34.0. The molecule has 6 heteroatoms. The van der Waals surface area contributed by atoms with Crippen molar-refractivity contribution >= 4 is 11.7 Å². The summed E-state index contributed by atoms with van der Waals surface area (Å²) >= 11 is 0. The Kier molecular flexibility index (Phi) is 12.2. The van der Waals surface area contributed by atoms with Gasteiger partial charge in [0.05, 0.1) is 0 Å². The molecule has 0 radical (unpaired) electrons. The standard InChI is InChI=1S/C63H58N6/c1-3-4-9-26-57(69(2)62(65-58(64)48-22-14-7-15-23-48)52-33-29-47(30-34-52)45-20-12-6-13-21-45)63(55-40-43-39-53(42-55)56(63)41-43)54-37-35-51(36-38-54)61-67-59(49-24-16-8-17-25-49)66-60(68-61)50-31-27-46(28-32-50)44-18-10-5-11-19-44/h3,5-8,10-25,27-38,43,53,55-57,64H,1,4,9,26,39-42H2,2H3/b64-58?,65-62-/t43?,53?,55?,56?,57?,63-/m0/s1. The Labute approximate surface area is 407 Å². The second kappa shape index (κ2) is 19.2. The van der Waals surface area contributed by atoms with E-state index in [2.05, 4.69) is 164 Å². The third kappa shape index (κ3) is 8.54. The summed E-state index contributed by atoms with van der Waals surface area (Å²) in [6, 6.07) is 68.0. The van der Waals surface area contributed by atoms with Crippen molar-refractivity contribution in [3.63, 3.8) is 0 Å². The molecule has 1 heterocycles. The molecular weight excluding hydrogens is 841 g/mol. The van der Waals surface area contributed by atoms with Crippen LogP contribution in [0.25, 0.3) is 56.4 Å².